The molecule has 1 aromatic carbocycles. The van der Waals surface area contributed by atoms with Crippen molar-refractivity contribution >= 4 is 12.0 Å². The third-order valence-electron chi connectivity index (χ3n) is 4.18. The molecule has 0 unspecified atom stereocenters. The van der Waals surface area contributed by atoms with Crippen LogP contribution >= 0.6 is 0 Å². The lowest BCUT2D eigenvalue weighted by atomic mass is 10.2. The molecule has 0 fully saturated rings. The van der Waals surface area contributed by atoms with Crippen LogP contribution in [-0.4, -0.2) is 25.8 Å². The first-order chi connectivity index (χ1) is 13.2. The smallest absolute Gasteiger partial charge is 0.330 e. The Morgan fingerprint density at radius 1 is 0.852 bits per heavy atom. The first kappa shape index (κ1) is 23.1. The fourth-order valence-electron chi connectivity index (χ4n) is 2.64. The van der Waals surface area contributed by atoms with Crippen LogP contribution < -0.4 is 9.47 Å². The van der Waals surface area contributed by atoms with Gasteiger partial charge in [0.25, 0.3) is 0 Å². The molecule has 27 heavy (non-hydrogen) atoms. The molecule has 0 aliphatic rings. The Morgan fingerprint density at radius 3 is 2.07 bits per heavy atom. The molecule has 0 aliphatic heterocycles. The zero-order valence-corrected chi connectivity index (χ0v) is 17.3. The predicted octanol–water partition coefficient (Wildman–Crippen LogP) is 6.18. The van der Waals surface area contributed by atoms with E-state index in [0.717, 1.165) is 29.9 Å². The second kappa shape index (κ2) is 15.1. The van der Waals surface area contributed by atoms with Crippen LogP contribution in [0.15, 0.2) is 24.3 Å². The number of carbonyl (C=O) groups is 1. The maximum atomic E-state index is 11.5. The molecule has 4 heteroatoms. The van der Waals surface area contributed by atoms with Crippen molar-refractivity contribution in [3.05, 3.63) is 29.8 Å². The molecule has 0 N–H and O–H groups in total. The number of esters is 1. The molecule has 1 aromatic rings. The van der Waals surface area contributed by atoms with Gasteiger partial charge in [-0.3, -0.25) is 0 Å². The highest BCUT2D eigenvalue weighted by atomic mass is 16.5. The number of carbonyl (C=O) groups excluding carboxylic acids is 1. The highest BCUT2D eigenvalue weighted by Gasteiger charge is 2.07. The van der Waals surface area contributed by atoms with Gasteiger partial charge < -0.3 is 14.2 Å². The van der Waals surface area contributed by atoms with Crippen LogP contribution in [0.4, 0.5) is 0 Å². The first-order valence-electron chi connectivity index (χ1n) is 10.5. The minimum Gasteiger partial charge on any atom is -0.490 e. The van der Waals surface area contributed by atoms with Crippen LogP contribution in [-0.2, 0) is 9.53 Å². The van der Waals surface area contributed by atoms with Crippen molar-refractivity contribution in [3.63, 3.8) is 0 Å². The van der Waals surface area contributed by atoms with Gasteiger partial charge in [-0.15, -0.1) is 0 Å². The molecule has 0 saturated carbocycles. The summed E-state index contributed by atoms with van der Waals surface area (Å²) in [5.74, 6) is 1.18. The average molecular weight is 377 g/mol. The summed E-state index contributed by atoms with van der Waals surface area (Å²) in [5, 5.41) is 0. The van der Waals surface area contributed by atoms with Crippen molar-refractivity contribution in [1.29, 1.82) is 0 Å². The van der Waals surface area contributed by atoms with Gasteiger partial charge in [-0.1, -0.05) is 58.4 Å². The summed E-state index contributed by atoms with van der Waals surface area (Å²) in [6.45, 7) is 7.95. The fourth-order valence-corrected chi connectivity index (χ4v) is 2.64. The van der Waals surface area contributed by atoms with Gasteiger partial charge in [0.15, 0.2) is 11.5 Å². The van der Waals surface area contributed by atoms with Crippen molar-refractivity contribution in [3.8, 4) is 11.5 Å². The minimum atomic E-state index is -0.337. The normalized spacial score (nSPS) is 10.9. The standard InChI is InChI=1S/C23H36O4/c1-4-7-9-11-17-26-21-15-13-20(14-16-23(24)25-6-3)19-22(21)27-18-12-10-8-5-2/h13-16,19H,4-12,17-18H2,1-3H3. The van der Waals surface area contributed by atoms with E-state index < -0.39 is 0 Å². The Morgan fingerprint density at radius 2 is 1.48 bits per heavy atom. The quantitative estimate of drug-likeness (QED) is 0.208. The van der Waals surface area contributed by atoms with Crippen LogP contribution in [0, 0.1) is 0 Å². The molecule has 4 nitrogen and oxygen atoms in total. The fraction of sp³-hybridized carbons (Fsp3) is 0.609. The van der Waals surface area contributed by atoms with Crippen molar-refractivity contribution in [2.45, 2.75) is 72.1 Å². The molecular weight excluding hydrogens is 340 g/mol. The number of hydrogen-bond acceptors (Lipinski definition) is 4. The summed E-state index contributed by atoms with van der Waals surface area (Å²) < 4.78 is 16.8. The van der Waals surface area contributed by atoms with Crippen LogP contribution in [0.2, 0.25) is 0 Å². The van der Waals surface area contributed by atoms with E-state index in [-0.39, 0.29) is 5.97 Å². The predicted molar refractivity (Wildman–Crippen MR) is 111 cm³/mol. The third kappa shape index (κ3) is 10.7. The lowest BCUT2D eigenvalue weighted by Gasteiger charge is -2.14. The van der Waals surface area contributed by atoms with E-state index in [2.05, 4.69) is 13.8 Å². The monoisotopic (exact) mass is 376 g/mol. The molecule has 0 saturated heterocycles. The Bertz CT molecular complexity index is 551. The topological polar surface area (TPSA) is 44.8 Å². The average Bonchev–Trinajstić information content (AvgIpc) is 2.67. The van der Waals surface area contributed by atoms with E-state index in [1.54, 1.807) is 13.0 Å². The van der Waals surface area contributed by atoms with E-state index in [9.17, 15) is 4.79 Å². The highest BCUT2D eigenvalue weighted by molar-refractivity contribution is 5.87. The molecule has 0 radical (unpaired) electrons. The van der Waals surface area contributed by atoms with E-state index in [0.29, 0.717) is 19.8 Å². The number of benzene rings is 1. The number of unbranched alkanes of at least 4 members (excludes halogenated alkanes) is 6. The van der Waals surface area contributed by atoms with Gasteiger partial charge in [-0.25, -0.2) is 4.79 Å². The van der Waals surface area contributed by atoms with Crippen LogP contribution in [0.3, 0.4) is 0 Å². The number of rotatable bonds is 15. The van der Waals surface area contributed by atoms with Gasteiger partial charge in [0.2, 0.25) is 0 Å². The van der Waals surface area contributed by atoms with Gasteiger partial charge in [0.1, 0.15) is 0 Å². The SMILES string of the molecule is CCCCCCOc1ccc(C=CC(=O)OCC)cc1OCCCCCC. The Balaban J connectivity index is 2.69. The molecular formula is C23H36O4. The van der Waals surface area contributed by atoms with Gasteiger partial charge in [0.05, 0.1) is 19.8 Å². The molecule has 0 aliphatic carbocycles. The van der Waals surface area contributed by atoms with Crippen LogP contribution in [0.1, 0.15) is 77.7 Å². The summed E-state index contributed by atoms with van der Waals surface area (Å²) in [7, 11) is 0. The van der Waals surface area contributed by atoms with Gasteiger partial charge in [0, 0.05) is 6.08 Å². The van der Waals surface area contributed by atoms with E-state index >= 15 is 0 Å². The Labute approximate surface area is 164 Å². The van der Waals surface area contributed by atoms with Gasteiger partial charge in [-0.2, -0.15) is 0 Å². The first-order valence-corrected chi connectivity index (χ1v) is 10.5. The molecule has 1 rings (SSSR count). The van der Waals surface area contributed by atoms with Crippen molar-refractivity contribution in [2.75, 3.05) is 19.8 Å². The maximum absolute atomic E-state index is 11.5. The zero-order valence-electron chi connectivity index (χ0n) is 17.3. The third-order valence-corrected chi connectivity index (χ3v) is 4.18. The number of ether oxygens (including phenoxy) is 3. The molecule has 152 valence electrons. The molecule has 0 aromatic heterocycles. The Kier molecular flexibility index (Phi) is 12.9. The van der Waals surface area contributed by atoms with Gasteiger partial charge >= 0.3 is 5.97 Å². The lowest BCUT2D eigenvalue weighted by molar-refractivity contribution is -0.137. The maximum Gasteiger partial charge on any atom is 0.330 e. The molecule has 0 bridgehead atoms. The summed E-state index contributed by atoms with van der Waals surface area (Å²) in [4.78, 5) is 11.5. The zero-order chi connectivity index (χ0) is 19.7. The molecule has 0 atom stereocenters. The van der Waals surface area contributed by atoms with Crippen LogP contribution in [0.25, 0.3) is 6.08 Å². The van der Waals surface area contributed by atoms with E-state index in [1.807, 2.05) is 18.2 Å². The van der Waals surface area contributed by atoms with E-state index in [1.165, 1.54) is 44.6 Å². The highest BCUT2D eigenvalue weighted by Crippen LogP contribution is 2.29. The minimum absolute atomic E-state index is 0.337. The van der Waals surface area contributed by atoms with E-state index in [4.69, 9.17) is 14.2 Å². The van der Waals surface area contributed by atoms with Crippen molar-refractivity contribution < 1.29 is 19.0 Å². The van der Waals surface area contributed by atoms with Gasteiger partial charge in [-0.05, 0) is 43.5 Å². The Hall–Kier alpha value is -1.97. The second-order valence-corrected chi connectivity index (χ2v) is 6.61. The summed E-state index contributed by atoms with van der Waals surface area (Å²) in [5.41, 5.74) is 0.893. The summed E-state index contributed by atoms with van der Waals surface area (Å²) in [6.07, 6.45) is 12.5. The number of hydrogen-bond donors (Lipinski definition) is 0. The van der Waals surface area contributed by atoms with Crippen molar-refractivity contribution in [2.24, 2.45) is 0 Å². The largest absolute Gasteiger partial charge is 0.490 e. The second-order valence-electron chi connectivity index (χ2n) is 6.61. The lowest BCUT2D eigenvalue weighted by Crippen LogP contribution is -2.03. The summed E-state index contributed by atoms with van der Waals surface area (Å²) >= 11 is 0. The van der Waals surface area contributed by atoms with Crippen molar-refractivity contribution in [1.82, 2.24) is 0 Å². The van der Waals surface area contributed by atoms with Crippen LogP contribution in [0.5, 0.6) is 11.5 Å². The molecule has 0 heterocycles. The molecule has 0 spiro atoms. The molecule has 0 amide bonds. The summed E-state index contributed by atoms with van der Waals surface area (Å²) in [6, 6.07) is 5.78.